The largest absolute Gasteiger partial charge is 0.331 e. The van der Waals surface area contributed by atoms with Crippen molar-refractivity contribution in [3.63, 3.8) is 0 Å². The van der Waals surface area contributed by atoms with Crippen LogP contribution in [0.4, 0.5) is 22.7 Å². The van der Waals surface area contributed by atoms with E-state index in [0.29, 0.717) is 45.3 Å². The van der Waals surface area contributed by atoms with Crippen molar-refractivity contribution in [3.8, 4) is 11.1 Å². The number of nitrogens with zero attached hydrogens (tertiary/aromatic N) is 6. The van der Waals surface area contributed by atoms with Gasteiger partial charge >= 0.3 is 0 Å². The zero-order valence-electron chi connectivity index (χ0n) is 25.3. The Morgan fingerprint density at radius 1 is 1.15 bits per heavy atom. The molecule has 1 amide bonds. The molecule has 240 valence electrons. The number of imidazole rings is 1. The van der Waals surface area contributed by atoms with Crippen LogP contribution < -0.4 is 5.32 Å². The predicted octanol–water partition coefficient (Wildman–Crippen LogP) is 6.87. The number of fused-ring (bicyclic) bond motifs is 2. The van der Waals surface area contributed by atoms with Crippen molar-refractivity contribution in [1.29, 1.82) is 0 Å². The minimum Gasteiger partial charge on any atom is -0.331 e. The van der Waals surface area contributed by atoms with E-state index < -0.39 is 30.7 Å². The minimum atomic E-state index is -2.82. The average Bonchev–Trinajstić information content (AvgIpc) is 3.84. The fraction of sp³-hybridized carbons (Fsp3) is 0.394. The molecule has 0 radical (unpaired) electrons. The second-order valence-corrected chi connectivity index (χ2v) is 12.9. The van der Waals surface area contributed by atoms with Gasteiger partial charge in [0, 0.05) is 53.3 Å². The van der Waals surface area contributed by atoms with E-state index in [9.17, 15) is 18.0 Å². The van der Waals surface area contributed by atoms with Crippen molar-refractivity contribution in [2.24, 2.45) is 0 Å². The number of carbonyl (C=O) groups excluding carboxylic acids is 1. The first-order chi connectivity index (χ1) is 22.2. The summed E-state index contributed by atoms with van der Waals surface area (Å²) in [6, 6.07) is 7.78. The number of piperidine rings is 1. The summed E-state index contributed by atoms with van der Waals surface area (Å²) in [4.78, 5) is 24.4. The molecule has 7 rings (SSSR count). The standard InChI is InChI=1S/C33H33F4N7OS/c1-3-42-10-8-22(26(35)16-42)19-4-6-20(7-5-19)23-13-24(31(36)37)25-15-44(41-28(25)18(23)2)30(32(45)40-33-38-9-11-46-33)29-27-12-21(34)14-43(27)17-39-29/h4-7,9,11,13,15,17,21-22,26,30-31H,3,8,10,12,14,16H2,1-2H3,(H,38,40,45)/t21-,22-,26+,30?/m1/s1. The van der Waals surface area contributed by atoms with E-state index >= 15 is 4.39 Å². The van der Waals surface area contributed by atoms with E-state index in [4.69, 9.17) is 5.10 Å². The van der Waals surface area contributed by atoms with E-state index in [0.717, 1.165) is 25.1 Å². The van der Waals surface area contributed by atoms with Crippen LogP contribution in [0, 0.1) is 6.92 Å². The lowest BCUT2D eigenvalue weighted by atomic mass is 9.86. The number of thiazole rings is 1. The van der Waals surface area contributed by atoms with Crippen LogP contribution in [0.1, 0.15) is 59.8 Å². The highest BCUT2D eigenvalue weighted by Crippen LogP contribution is 2.39. The zero-order valence-corrected chi connectivity index (χ0v) is 26.2. The van der Waals surface area contributed by atoms with Gasteiger partial charge in [-0.25, -0.2) is 27.5 Å². The molecule has 8 nitrogen and oxygen atoms in total. The molecule has 0 bridgehead atoms. The summed E-state index contributed by atoms with van der Waals surface area (Å²) in [5, 5.41) is 9.77. The van der Waals surface area contributed by atoms with Crippen molar-refractivity contribution >= 4 is 33.3 Å². The number of amides is 1. The molecule has 13 heteroatoms. The number of likely N-dealkylation sites (tertiary alicyclic amines) is 1. The quantitative estimate of drug-likeness (QED) is 0.185. The molecule has 4 atom stereocenters. The predicted molar refractivity (Wildman–Crippen MR) is 169 cm³/mol. The first-order valence-electron chi connectivity index (χ1n) is 15.4. The molecule has 1 unspecified atom stereocenters. The van der Waals surface area contributed by atoms with Crippen LogP contribution in [0.25, 0.3) is 22.0 Å². The summed E-state index contributed by atoms with van der Waals surface area (Å²) in [7, 11) is 0. The lowest BCUT2D eigenvalue weighted by Crippen LogP contribution is -2.40. The van der Waals surface area contributed by atoms with Gasteiger partial charge in [-0.2, -0.15) is 5.10 Å². The van der Waals surface area contributed by atoms with Gasteiger partial charge in [0.15, 0.2) is 11.2 Å². The molecule has 2 aliphatic rings. The third-order valence-corrected chi connectivity index (χ3v) is 9.97. The zero-order chi connectivity index (χ0) is 32.1. The van der Waals surface area contributed by atoms with E-state index in [-0.39, 0.29) is 29.8 Å². The SMILES string of the molecule is CCN1CC[C@H](c2ccc(-c3cc(C(F)F)c4cn(C(C(=O)Nc5nccs5)c5ncn6c5C[C@@H](F)C6)nc4c3C)cc2)[C@@H](F)C1. The highest BCUT2D eigenvalue weighted by molar-refractivity contribution is 7.13. The maximum Gasteiger partial charge on any atom is 0.264 e. The maximum absolute atomic E-state index is 15.0. The van der Waals surface area contributed by atoms with Crippen molar-refractivity contribution in [1.82, 2.24) is 29.2 Å². The summed E-state index contributed by atoms with van der Waals surface area (Å²) < 4.78 is 61.6. The molecule has 5 aromatic rings. The van der Waals surface area contributed by atoms with E-state index in [2.05, 4.69) is 20.2 Å². The summed E-state index contributed by atoms with van der Waals surface area (Å²) >= 11 is 1.23. The molecule has 3 aromatic heterocycles. The molecule has 1 saturated heterocycles. The Kier molecular flexibility index (Phi) is 8.14. The van der Waals surface area contributed by atoms with Crippen molar-refractivity contribution in [3.05, 3.63) is 82.5 Å². The number of benzene rings is 2. The third-order valence-electron chi connectivity index (χ3n) is 9.28. The summed E-state index contributed by atoms with van der Waals surface area (Å²) in [6.45, 7) is 6.01. The summed E-state index contributed by atoms with van der Waals surface area (Å²) in [5.41, 5.74) is 3.80. The fourth-order valence-electron chi connectivity index (χ4n) is 6.85. The van der Waals surface area contributed by atoms with Gasteiger partial charge in [-0.15, -0.1) is 11.3 Å². The number of aromatic nitrogens is 5. The molecule has 0 saturated carbocycles. The maximum atomic E-state index is 15.0. The van der Waals surface area contributed by atoms with Gasteiger partial charge in [0.1, 0.15) is 12.3 Å². The molecule has 0 spiro atoms. The van der Waals surface area contributed by atoms with Gasteiger partial charge in [0.2, 0.25) is 0 Å². The highest BCUT2D eigenvalue weighted by Gasteiger charge is 2.35. The molecule has 1 N–H and O–H groups in total. The van der Waals surface area contributed by atoms with Crippen molar-refractivity contribution < 1.29 is 22.4 Å². The molecular formula is C33H33F4N7OS. The summed E-state index contributed by atoms with van der Waals surface area (Å²) in [6.07, 6.45) is 0.388. The Hall–Kier alpha value is -4.10. The van der Waals surface area contributed by atoms with Gasteiger partial charge in [-0.3, -0.25) is 14.8 Å². The normalized spacial score (nSPS) is 20.8. The molecule has 1 fully saturated rings. The van der Waals surface area contributed by atoms with E-state index in [1.165, 1.54) is 34.6 Å². The van der Waals surface area contributed by atoms with Crippen LogP contribution in [0.15, 0.2) is 54.4 Å². The number of alkyl halides is 4. The molecule has 5 heterocycles. The third kappa shape index (κ3) is 5.49. The molecule has 0 aliphatic carbocycles. The number of rotatable bonds is 8. The Labute approximate surface area is 267 Å². The Balaban J connectivity index is 1.28. The first kappa shape index (κ1) is 30.5. The van der Waals surface area contributed by atoms with Gasteiger partial charge < -0.3 is 9.47 Å². The van der Waals surface area contributed by atoms with Crippen LogP contribution in [0.3, 0.4) is 0 Å². The lowest BCUT2D eigenvalue weighted by molar-refractivity contribution is -0.118. The van der Waals surface area contributed by atoms with Gasteiger partial charge in [0.25, 0.3) is 12.3 Å². The molecule has 2 aliphatic heterocycles. The lowest BCUT2D eigenvalue weighted by Gasteiger charge is -2.34. The van der Waals surface area contributed by atoms with Crippen LogP contribution in [-0.4, -0.2) is 67.1 Å². The number of nitrogens with one attached hydrogen (secondary N) is 1. The minimum absolute atomic E-state index is 0.0828. The van der Waals surface area contributed by atoms with Gasteiger partial charge in [-0.1, -0.05) is 31.2 Å². The smallest absolute Gasteiger partial charge is 0.264 e. The monoisotopic (exact) mass is 651 g/mol. The Morgan fingerprint density at radius 3 is 2.65 bits per heavy atom. The highest BCUT2D eigenvalue weighted by atomic mass is 32.1. The Morgan fingerprint density at radius 2 is 1.96 bits per heavy atom. The van der Waals surface area contributed by atoms with Gasteiger partial charge in [-0.05, 0) is 54.8 Å². The second-order valence-electron chi connectivity index (χ2n) is 12.0. The molecule has 2 aromatic carbocycles. The fourth-order valence-corrected chi connectivity index (χ4v) is 7.38. The van der Waals surface area contributed by atoms with Crippen molar-refractivity contribution in [2.45, 2.75) is 64.0 Å². The number of halogens is 4. The van der Waals surface area contributed by atoms with Crippen LogP contribution in [0.5, 0.6) is 0 Å². The van der Waals surface area contributed by atoms with Crippen LogP contribution in [-0.2, 0) is 17.8 Å². The van der Waals surface area contributed by atoms with Gasteiger partial charge in [0.05, 0.1) is 24.1 Å². The number of aryl methyl sites for hydroxylation is 1. The number of carbonyl (C=O) groups is 1. The summed E-state index contributed by atoms with van der Waals surface area (Å²) in [5.74, 6) is -0.730. The topological polar surface area (TPSA) is 80.9 Å². The first-order valence-corrected chi connectivity index (χ1v) is 16.2. The average molecular weight is 652 g/mol. The second kappa shape index (κ2) is 12.3. The molecular weight excluding hydrogens is 618 g/mol. The van der Waals surface area contributed by atoms with E-state index in [1.54, 1.807) is 16.1 Å². The van der Waals surface area contributed by atoms with Crippen molar-refractivity contribution in [2.75, 3.05) is 25.0 Å². The van der Waals surface area contributed by atoms with Crippen LogP contribution in [0.2, 0.25) is 0 Å². The Bertz CT molecular complexity index is 1870. The van der Waals surface area contributed by atoms with Crippen LogP contribution >= 0.6 is 11.3 Å². The molecule has 46 heavy (non-hydrogen) atoms. The number of hydrogen-bond donors (Lipinski definition) is 1. The number of anilines is 1. The number of hydrogen-bond acceptors (Lipinski definition) is 6. The van der Waals surface area contributed by atoms with E-state index in [1.807, 2.05) is 38.1 Å².